The maximum absolute atomic E-state index is 12.6. The molecule has 2 aromatic heterocycles. The highest BCUT2D eigenvalue weighted by molar-refractivity contribution is 7.89. The van der Waals surface area contributed by atoms with Crippen molar-refractivity contribution in [2.45, 2.75) is 38.1 Å². The van der Waals surface area contributed by atoms with E-state index in [0.717, 1.165) is 49.0 Å². The van der Waals surface area contributed by atoms with Gasteiger partial charge < -0.3 is 9.88 Å². The Bertz CT molecular complexity index is 838. The van der Waals surface area contributed by atoms with E-state index in [1.54, 1.807) is 10.6 Å². The SMILES string of the molecule is CN(c1ncnc2[nH]ccc12)[C@H]1C[C@@H](CS(=O)(=O)N2CCCCC2)C1. The van der Waals surface area contributed by atoms with E-state index in [9.17, 15) is 8.42 Å². The van der Waals surface area contributed by atoms with Crippen molar-refractivity contribution in [3.8, 4) is 0 Å². The standard InChI is InChI=1S/C17H25N5O2S/c1-21(17-15-5-6-18-16(15)19-12-20-17)14-9-13(10-14)11-25(23,24)22-7-3-2-4-8-22/h5-6,12-14H,2-4,7-11H2,1H3,(H,18,19,20)/t13-,14+. The molecule has 0 aromatic carbocycles. The highest BCUT2D eigenvalue weighted by Crippen LogP contribution is 2.36. The number of aromatic nitrogens is 3. The number of hydrogen-bond acceptors (Lipinski definition) is 5. The van der Waals surface area contributed by atoms with E-state index in [-0.39, 0.29) is 5.92 Å². The fourth-order valence-corrected chi connectivity index (χ4v) is 5.91. The number of H-pyrrole nitrogens is 1. The minimum atomic E-state index is -3.10. The van der Waals surface area contributed by atoms with Crippen LogP contribution in [0.25, 0.3) is 11.0 Å². The maximum atomic E-state index is 12.6. The Morgan fingerprint density at radius 3 is 2.76 bits per heavy atom. The van der Waals surface area contributed by atoms with Gasteiger partial charge in [-0.05, 0) is 37.7 Å². The minimum absolute atomic E-state index is 0.253. The van der Waals surface area contributed by atoms with Crippen LogP contribution in [0.4, 0.5) is 5.82 Å². The van der Waals surface area contributed by atoms with Gasteiger partial charge in [-0.15, -0.1) is 0 Å². The maximum Gasteiger partial charge on any atom is 0.214 e. The second-order valence-corrected chi connectivity index (χ2v) is 9.29. The first-order valence-electron chi connectivity index (χ1n) is 9.03. The second kappa shape index (κ2) is 6.57. The van der Waals surface area contributed by atoms with Crippen LogP contribution in [0.3, 0.4) is 0 Å². The first-order valence-corrected chi connectivity index (χ1v) is 10.6. The highest BCUT2D eigenvalue weighted by Gasteiger charge is 2.37. The molecule has 2 fully saturated rings. The molecule has 4 rings (SSSR count). The van der Waals surface area contributed by atoms with Crippen molar-refractivity contribution >= 4 is 26.9 Å². The van der Waals surface area contributed by atoms with E-state index in [1.807, 2.05) is 19.3 Å². The Labute approximate surface area is 148 Å². The van der Waals surface area contributed by atoms with Crippen LogP contribution in [0.2, 0.25) is 0 Å². The summed E-state index contributed by atoms with van der Waals surface area (Å²) < 4.78 is 26.8. The summed E-state index contributed by atoms with van der Waals surface area (Å²) in [5, 5.41) is 1.01. The van der Waals surface area contributed by atoms with Gasteiger partial charge >= 0.3 is 0 Å². The molecule has 0 bridgehead atoms. The molecule has 0 spiro atoms. The molecule has 1 saturated carbocycles. The van der Waals surface area contributed by atoms with Crippen molar-refractivity contribution in [2.24, 2.45) is 5.92 Å². The number of anilines is 1. The predicted octanol–water partition coefficient (Wildman–Crippen LogP) is 1.99. The van der Waals surface area contributed by atoms with E-state index >= 15 is 0 Å². The summed E-state index contributed by atoms with van der Waals surface area (Å²) >= 11 is 0. The molecule has 8 heteroatoms. The van der Waals surface area contributed by atoms with E-state index in [0.29, 0.717) is 24.9 Å². The van der Waals surface area contributed by atoms with Crippen LogP contribution in [-0.4, -0.2) is 59.6 Å². The van der Waals surface area contributed by atoms with Gasteiger partial charge in [0.05, 0.1) is 11.1 Å². The smallest absolute Gasteiger partial charge is 0.214 e. The number of sulfonamides is 1. The van der Waals surface area contributed by atoms with Gasteiger partial charge in [0, 0.05) is 32.4 Å². The lowest BCUT2D eigenvalue weighted by molar-refractivity contribution is 0.273. The van der Waals surface area contributed by atoms with Crippen LogP contribution in [-0.2, 0) is 10.0 Å². The molecule has 0 radical (unpaired) electrons. The average Bonchev–Trinajstić information content (AvgIpc) is 3.06. The zero-order valence-electron chi connectivity index (χ0n) is 14.6. The number of nitrogens with one attached hydrogen (secondary N) is 1. The molecule has 0 unspecified atom stereocenters. The molecule has 3 heterocycles. The fourth-order valence-electron chi connectivity index (χ4n) is 4.01. The molecule has 7 nitrogen and oxygen atoms in total. The molecule has 1 saturated heterocycles. The normalized spacial score (nSPS) is 25.0. The van der Waals surface area contributed by atoms with Crippen LogP contribution in [0, 0.1) is 5.92 Å². The Morgan fingerprint density at radius 2 is 2.00 bits per heavy atom. The minimum Gasteiger partial charge on any atom is -0.356 e. The quantitative estimate of drug-likeness (QED) is 0.878. The van der Waals surface area contributed by atoms with Crippen molar-refractivity contribution in [1.29, 1.82) is 0 Å². The van der Waals surface area contributed by atoms with Gasteiger partial charge in [-0.25, -0.2) is 22.7 Å². The van der Waals surface area contributed by atoms with Gasteiger partial charge in [0.1, 0.15) is 17.8 Å². The Kier molecular flexibility index (Phi) is 4.41. The molecule has 2 aliphatic rings. The summed E-state index contributed by atoms with van der Waals surface area (Å²) in [6.45, 7) is 1.40. The third kappa shape index (κ3) is 3.25. The molecular weight excluding hydrogens is 338 g/mol. The van der Waals surface area contributed by atoms with Gasteiger partial charge in [-0.2, -0.15) is 0 Å². The molecule has 1 N–H and O–H groups in total. The third-order valence-corrected chi connectivity index (χ3v) is 7.62. The first kappa shape index (κ1) is 16.8. The third-order valence-electron chi connectivity index (χ3n) is 5.58. The molecule has 1 aliphatic carbocycles. The largest absolute Gasteiger partial charge is 0.356 e. The zero-order valence-corrected chi connectivity index (χ0v) is 15.4. The van der Waals surface area contributed by atoms with Crippen LogP contribution >= 0.6 is 0 Å². The summed E-state index contributed by atoms with van der Waals surface area (Å²) in [5.74, 6) is 1.46. The number of fused-ring (bicyclic) bond motifs is 1. The van der Waals surface area contributed by atoms with E-state index in [4.69, 9.17) is 0 Å². The number of piperidine rings is 1. The van der Waals surface area contributed by atoms with Gasteiger partial charge in [-0.3, -0.25) is 0 Å². The highest BCUT2D eigenvalue weighted by atomic mass is 32.2. The van der Waals surface area contributed by atoms with Crippen LogP contribution < -0.4 is 4.90 Å². The lowest BCUT2D eigenvalue weighted by atomic mass is 9.81. The van der Waals surface area contributed by atoms with Crippen molar-refractivity contribution in [2.75, 3.05) is 30.8 Å². The lowest BCUT2D eigenvalue weighted by Gasteiger charge is -2.42. The van der Waals surface area contributed by atoms with Crippen molar-refractivity contribution in [1.82, 2.24) is 19.3 Å². The van der Waals surface area contributed by atoms with Crippen LogP contribution in [0.15, 0.2) is 18.6 Å². The molecule has 25 heavy (non-hydrogen) atoms. The van der Waals surface area contributed by atoms with E-state index in [2.05, 4.69) is 19.9 Å². The number of nitrogens with zero attached hydrogens (tertiary/aromatic N) is 4. The lowest BCUT2D eigenvalue weighted by Crippen LogP contribution is -2.47. The van der Waals surface area contributed by atoms with Gasteiger partial charge in [0.2, 0.25) is 10.0 Å². The van der Waals surface area contributed by atoms with Crippen LogP contribution in [0.5, 0.6) is 0 Å². The van der Waals surface area contributed by atoms with E-state index < -0.39 is 10.0 Å². The monoisotopic (exact) mass is 363 g/mol. The number of aromatic amines is 1. The Balaban J connectivity index is 1.38. The van der Waals surface area contributed by atoms with Crippen molar-refractivity contribution in [3.63, 3.8) is 0 Å². The number of rotatable bonds is 5. The molecule has 0 amide bonds. The summed E-state index contributed by atoms with van der Waals surface area (Å²) in [6.07, 6.45) is 8.38. The van der Waals surface area contributed by atoms with Gasteiger partial charge in [-0.1, -0.05) is 6.42 Å². The van der Waals surface area contributed by atoms with Crippen LogP contribution in [0.1, 0.15) is 32.1 Å². The average molecular weight is 363 g/mol. The molecule has 2 aromatic rings. The summed E-state index contributed by atoms with van der Waals surface area (Å²) in [6, 6.07) is 2.33. The van der Waals surface area contributed by atoms with E-state index in [1.165, 1.54) is 0 Å². The Hall–Kier alpha value is -1.67. The Morgan fingerprint density at radius 1 is 1.24 bits per heavy atom. The summed E-state index contributed by atoms with van der Waals surface area (Å²) in [7, 11) is -1.06. The first-order chi connectivity index (χ1) is 12.0. The summed E-state index contributed by atoms with van der Waals surface area (Å²) in [5.41, 5.74) is 0.834. The van der Waals surface area contributed by atoms with Gasteiger partial charge in [0.25, 0.3) is 0 Å². The molecular formula is C17H25N5O2S. The molecule has 136 valence electrons. The summed E-state index contributed by atoms with van der Waals surface area (Å²) in [4.78, 5) is 13.9. The topological polar surface area (TPSA) is 82.2 Å². The molecule has 1 aliphatic heterocycles. The predicted molar refractivity (Wildman–Crippen MR) is 98.0 cm³/mol. The van der Waals surface area contributed by atoms with Crippen molar-refractivity contribution in [3.05, 3.63) is 18.6 Å². The van der Waals surface area contributed by atoms with Crippen molar-refractivity contribution < 1.29 is 8.42 Å². The van der Waals surface area contributed by atoms with Gasteiger partial charge in [0.15, 0.2) is 0 Å². The molecule has 0 atom stereocenters. The fraction of sp³-hybridized carbons (Fsp3) is 0.647. The number of hydrogen-bond donors (Lipinski definition) is 1. The second-order valence-electron chi connectivity index (χ2n) is 7.28. The zero-order chi connectivity index (χ0) is 17.4.